The van der Waals surface area contributed by atoms with Gasteiger partial charge in [0.1, 0.15) is 5.69 Å². The van der Waals surface area contributed by atoms with Crippen molar-refractivity contribution in [2.75, 3.05) is 0 Å². The second kappa shape index (κ2) is 11.4. The van der Waals surface area contributed by atoms with Crippen LogP contribution in [0.3, 0.4) is 0 Å². The maximum atomic E-state index is 6.92. The Morgan fingerprint density at radius 2 is 1.06 bits per heavy atom. The molecular formula is C48H36N4O2. The summed E-state index contributed by atoms with van der Waals surface area (Å²) in [5, 5.41) is 0. The molecule has 0 amide bonds. The summed E-state index contributed by atoms with van der Waals surface area (Å²) in [6.07, 6.45) is 6.53. The van der Waals surface area contributed by atoms with Crippen LogP contribution in [0.25, 0.3) is 56.7 Å². The molecule has 13 rings (SSSR count). The van der Waals surface area contributed by atoms with Crippen molar-refractivity contribution in [3.05, 3.63) is 145 Å². The largest absolute Gasteiger partial charge is 0.449 e. The van der Waals surface area contributed by atoms with E-state index in [9.17, 15) is 0 Å². The maximum absolute atomic E-state index is 6.92. The van der Waals surface area contributed by atoms with Crippen molar-refractivity contribution in [1.82, 2.24) is 19.9 Å². The number of rotatable bonds is 4. The minimum atomic E-state index is -0.0901. The van der Waals surface area contributed by atoms with Gasteiger partial charge in [0.2, 0.25) is 0 Å². The monoisotopic (exact) mass is 700 g/mol. The molecule has 4 saturated carbocycles. The Labute approximate surface area is 313 Å². The highest BCUT2D eigenvalue weighted by molar-refractivity contribution is 5.97. The first-order valence-electron chi connectivity index (χ1n) is 19.3. The summed E-state index contributed by atoms with van der Waals surface area (Å²) in [4.78, 5) is 20.9. The van der Waals surface area contributed by atoms with Gasteiger partial charge in [-0.25, -0.2) is 19.9 Å². The Bertz CT molecular complexity index is 2610. The van der Waals surface area contributed by atoms with Crippen LogP contribution in [0.1, 0.15) is 43.2 Å². The number of aromatic nitrogens is 4. The molecule has 0 N–H and O–H groups in total. The number of hydrogen-bond donors (Lipinski definition) is 0. The topological polar surface area (TPSA) is 70.0 Å². The fraction of sp³-hybridized carbons (Fsp3) is 0.208. The Morgan fingerprint density at radius 1 is 0.444 bits per heavy atom. The number of para-hydroxylation sites is 2. The first kappa shape index (κ1) is 30.3. The van der Waals surface area contributed by atoms with Crippen LogP contribution in [0.2, 0.25) is 0 Å². The zero-order chi connectivity index (χ0) is 35.4. The molecule has 7 aromatic rings. The summed E-state index contributed by atoms with van der Waals surface area (Å²) in [6.45, 7) is 0. The summed E-state index contributed by atoms with van der Waals surface area (Å²) in [5.74, 6) is 7.23. The van der Waals surface area contributed by atoms with Gasteiger partial charge >= 0.3 is 0 Å². The molecule has 1 spiro atoms. The third-order valence-electron chi connectivity index (χ3n) is 13.0. The van der Waals surface area contributed by atoms with E-state index in [0.717, 1.165) is 40.0 Å². The van der Waals surface area contributed by atoms with Crippen LogP contribution in [-0.4, -0.2) is 19.9 Å². The standard InChI is InChI=1S/C48H36N4O2/c1-3-12-30(13-4-1)37-18-11-19-38(49-37)46-50-45(31-14-5-2-6-15-31)51-47(52-46)43-42-34-16-7-8-17-35(34)48(32-23-28-22-29(25-32)26-33(48)24-28)36(42)27-41-44(43)54-40-21-10-9-20-39(40)53-41/h1-21,27-29,32-33H,22-26H2. The van der Waals surface area contributed by atoms with Gasteiger partial charge in [-0.15, -0.1) is 0 Å². The van der Waals surface area contributed by atoms with E-state index in [2.05, 4.69) is 54.6 Å². The van der Waals surface area contributed by atoms with Crippen LogP contribution >= 0.6 is 0 Å². The molecule has 5 aromatic carbocycles. The number of pyridine rings is 1. The highest BCUT2D eigenvalue weighted by Crippen LogP contribution is 2.71. The van der Waals surface area contributed by atoms with Gasteiger partial charge in [-0.1, -0.05) is 103 Å². The van der Waals surface area contributed by atoms with Crippen molar-refractivity contribution in [2.45, 2.75) is 37.5 Å². The molecule has 0 atom stereocenters. The minimum Gasteiger partial charge on any atom is -0.449 e. The second-order valence-electron chi connectivity index (χ2n) is 15.8. The molecule has 0 unspecified atom stereocenters. The molecular weight excluding hydrogens is 665 g/mol. The highest BCUT2D eigenvalue weighted by Gasteiger charge is 2.62. The first-order chi connectivity index (χ1) is 26.7. The lowest BCUT2D eigenvalue weighted by Gasteiger charge is -2.61. The smallest absolute Gasteiger partial charge is 0.182 e. The second-order valence-corrected chi connectivity index (χ2v) is 15.8. The van der Waals surface area contributed by atoms with Crippen LogP contribution in [-0.2, 0) is 5.41 Å². The number of hydrogen-bond acceptors (Lipinski definition) is 6. The summed E-state index contributed by atoms with van der Waals surface area (Å²) < 4.78 is 13.8. The summed E-state index contributed by atoms with van der Waals surface area (Å²) in [7, 11) is 0. The summed E-state index contributed by atoms with van der Waals surface area (Å²) in [6, 6.07) is 45.9. The molecule has 260 valence electrons. The zero-order valence-corrected chi connectivity index (χ0v) is 29.7. The van der Waals surface area contributed by atoms with Gasteiger partial charge in [0.25, 0.3) is 0 Å². The van der Waals surface area contributed by atoms with E-state index in [1.54, 1.807) is 0 Å². The van der Waals surface area contributed by atoms with Crippen molar-refractivity contribution in [1.29, 1.82) is 0 Å². The van der Waals surface area contributed by atoms with E-state index in [-0.39, 0.29) is 5.41 Å². The molecule has 4 bridgehead atoms. The quantitative estimate of drug-likeness (QED) is 0.182. The molecule has 0 radical (unpaired) electrons. The molecule has 5 aliphatic carbocycles. The minimum absolute atomic E-state index is 0.0901. The number of benzene rings is 5. The van der Waals surface area contributed by atoms with E-state index < -0.39 is 0 Å². The lowest BCUT2D eigenvalue weighted by atomic mass is 9.43. The summed E-state index contributed by atoms with van der Waals surface area (Å²) in [5.41, 5.74) is 9.47. The van der Waals surface area contributed by atoms with Gasteiger partial charge in [-0.05, 0) is 103 Å². The third-order valence-corrected chi connectivity index (χ3v) is 13.0. The van der Waals surface area contributed by atoms with E-state index in [1.165, 1.54) is 54.4 Å². The first-order valence-corrected chi connectivity index (χ1v) is 19.3. The average molecular weight is 701 g/mol. The Balaban J connectivity index is 1.15. The van der Waals surface area contributed by atoms with Crippen LogP contribution in [0.5, 0.6) is 23.0 Å². The maximum Gasteiger partial charge on any atom is 0.182 e. The molecule has 0 saturated heterocycles. The van der Waals surface area contributed by atoms with Gasteiger partial charge in [0.15, 0.2) is 40.5 Å². The van der Waals surface area contributed by atoms with Crippen LogP contribution < -0.4 is 9.47 Å². The molecule has 6 heteroatoms. The van der Waals surface area contributed by atoms with E-state index in [0.29, 0.717) is 52.3 Å². The van der Waals surface area contributed by atoms with Gasteiger partial charge in [0.05, 0.1) is 11.3 Å². The van der Waals surface area contributed by atoms with Crippen molar-refractivity contribution in [3.63, 3.8) is 0 Å². The lowest BCUT2D eigenvalue weighted by Crippen LogP contribution is -2.55. The van der Waals surface area contributed by atoms with Crippen molar-refractivity contribution >= 4 is 0 Å². The normalized spacial score (nSPS) is 23.6. The van der Waals surface area contributed by atoms with Gasteiger partial charge in [0, 0.05) is 22.1 Å². The molecule has 6 nitrogen and oxygen atoms in total. The van der Waals surface area contributed by atoms with Crippen LogP contribution in [0.15, 0.2) is 133 Å². The zero-order valence-electron chi connectivity index (χ0n) is 29.7. The molecule has 4 fully saturated rings. The number of fused-ring (bicyclic) bond motifs is 5. The van der Waals surface area contributed by atoms with Gasteiger partial charge in [-0.2, -0.15) is 0 Å². The third kappa shape index (κ3) is 4.34. The van der Waals surface area contributed by atoms with Crippen LogP contribution in [0, 0.1) is 23.7 Å². The Kier molecular flexibility index (Phi) is 6.42. The van der Waals surface area contributed by atoms with Crippen molar-refractivity contribution < 1.29 is 9.47 Å². The fourth-order valence-electron chi connectivity index (χ4n) is 11.1. The fourth-order valence-corrected chi connectivity index (χ4v) is 11.1. The van der Waals surface area contributed by atoms with Crippen LogP contribution in [0.4, 0.5) is 0 Å². The van der Waals surface area contributed by atoms with Crippen molar-refractivity contribution in [2.24, 2.45) is 23.7 Å². The average Bonchev–Trinajstić information content (AvgIpc) is 3.51. The van der Waals surface area contributed by atoms with E-state index >= 15 is 0 Å². The number of nitrogens with zero attached hydrogens (tertiary/aromatic N) is 4. The van der Waals surface area contributed by atoms with Gasteiger partial charge < -0.3 is 9.47 Å². The SMILES string of the molecule is c1ccc(-c2cccc(-c3nc(-c4ccccc4)nc(-c4c5c(cc6c4-c4ccccc4C64C6CC7CC(C6)CC4C7)Oc4ccccc4O5)n3)n2)cc1. The molecule has 6 aliphatic rings. The Hall–Kier alpha value is -6.14. The van der Waals surface area contributed by atoms with Gasteiger partial charge in [-0.3, -0.25) is 0 Å². The molecule has 2 aromatic heterocycles. The lowest BCUT2D eigenvalue weighted by molar-refractivity contribution is -0.0399. The van der Waals surface area contributed by atoms with Crippen molar-refractivity contribution in [3.8, 4) is 79.7 Å². The number of ether oxygens (including phenoxy) is 2. The van der Waals surface area contributed by atoms with E-state index in [4.69, 9.17) is 29.4 Å². The summed E-state index contributed by atoms with van der Waals surface area (Å²) >= 11 is 0. The Morgan fingerprint density at radius 3 is 1.81 bits per heavy atom. The molecule has 1 aliphatic heterocycles. The molecule has 54 heavy (non-hydrogen) atoms. The highest BCUT2D eigenvalue weighted by atomic mass is 16.6. The predicted molar refractivity (Wildman–Crippen MR) is 209 cm³/mol. The van der Waals surface area contributed by atoms with E-state index in [1.807, 2.05) is 78.9 Å². The predicted octanol–water partition coefficient (Wildman–Crippen LogP) is 11.6. The molecule has 3 heterocycles.